The van der Waals surface area contributed by atoms with E-state index in [9.17, 15) is 13.2 Å². The van der Waals surface area contributed by atoms with Crippen LogP contribution in [0, 0.1) is 0 Å². The van der Waals surface area contributed by atoms with E-state index in [0.717, 1.165) is 25.1 Å². The first kappa shape index (κ1) is 13.8. The molecule has 7 heteroatoms. The molecule has 1 heterocycles. The van der Waals surface area contributed by atoms with Gasteiger partial charge >= 0.3 is 6.18 Å². The van der Waals surface area contributed by atoms with Crippen molar-refractivity contribution in [1.82, 2.24) is 10.2 Å². The van der Waals surface area contributed by atoms with E-state index in [1.165, 1.54) is 17.4 Å². The van der Waals surface area contributed by atoms with Gasteiger partial charge in [-0.1, -0.05) is 30.4 Å². The van der Waals surface area contributed by atoms with Crippen molar-refractivity contribution in [3.63, 3.8) is 0 Å². The summed E-state index contributed by atoms with van der Waals surface area (Å²) in [6, 6.07) is 5.10. The lowest BCUT2D eigenvalue weighted by molar-refractivity contribution is -0.137. The third-order valence-electron chi connectivity index (χ3n) is 2.39. The van der Waals surface area contributed by atoms with Crippen LogP contribution in [-0.4, -0.2) is 16.7 Å². The van der Waals surface area contributed by atoms with Gasteiger partial charge in [-0.2, -0.15) is 13.2 Å². The molecule has 0 fully saturated rings. The summed E-state index contributed by atoms with van der Waals surface area (Å²) in [6.07, 6.45) is -3.40. The molecule has 0 saturated heterocycles. The molecule has 0 radical (unpaired) electrons. The monoisotopic (exact) mass is 287 g/mol. The molecule has 2 rings (SSSR count). The summed E-state index contributed by atoms with van der Waals surface area (Å²) in [5.41, 5.74) is -0.250. The lowest BCUT2D eigenvalue weighted by atomic mass is 10.1. The number of nitrogens with zero attached hydrogens (tertiary/aromatic N) is 2. The van der Waals surface area contributed by atoms with E-state index in [0.29, 0.717) is 15.7 Å². The van der Waals surface area contributed by atoms with Crippen LogP contribution in [0.4, 0.5) is 18.3 Å². The third kappa shape index (κ3) is 3.44. The number of hydrogen-bond donors (Lipinski definition) is 1. The summed E-state index contributed by atoms with van der Waals surface area (Å²) in [5, 5.41) is 11.9. The van der Waals surface area contributed by atoms with Crippen LogP contribution in [0.2, 0.25) is 0 Å². The second-order valence-corrected chi connectivity index (χ2v) is 4.90. The maximum atomic E-state index is 12.6. The lowest BCUT2D eigenvalue weighted by Crippen LogP contribution is -2.04. The highest BCUT2D eigenvalue weighted by molar-refractivity contribution is 7.18. The zero-order valence-electron chi connectivity index (χ0n) is 10.2. The smallest absolute Gasteiger partial charge is 0.360 e. The van der Waals surface area contributed by atoms with Crippen molar-refractivity contribution < 1.29 is 13.2 Å². The van der Waals surface area contributed by atoms with Crippen LogP contribution in [-0.2, 0) is 6.18 Å². The van der Waals surface area contributed by atoms with Crippen LogP contribution in [0.25, 0.3) is 10.6 Å². The molecule has 1 aromatic heterocycles. The molecule has 1 N–H and O–H groups in total. The molecular weight excluding hydrogens is 275 g/mol. The van der Waals surface area contributed by atoms with Crippen LogP contribution < -0.4 is 5.32 Å². The van der Waals surface area contributed by atoms with Gasteiger partial charge in [0.25, 0.3) is 0 Å². The normalized spacial score (nSPS) is 11.6. The molecule has 3 nitrogen and oxygen atoms in total. The third-order valence-corrected chi connectivity index (χ3v) is 3.32. The minimum Gasteiger partial charge on any atom is -0.360 e. The average Bonchev–Trinajstić information content (AvgIpc) is 2.84. The van der Waals surface area contributed by atoms with E-state index < -0.39 is 11.7 Å². The number of hydrogen-bond acceptors (Lipinski definition) is 4. The maximum absolute atomic E-state index is 12.6. The fourth-order valence-electron chi connectivity index (χ4n) is 1.47. The van der Waals surface area contributed by atoms with Crippen molar-refractivity contribution in [3.8, 4) is 10.6 Å². The molecule has 0 spiro atoms. The van der Waals surface area contributed by atoms with E-state index >= 15 is 0 Å². The highest BCUT2D eigenvalue weighted by atomic mass is 32.1. The molecule has 0 aliphatic heterocycles. The van der Waals surface area contributed by atoms with E-state index in [1.807, 2.05) is 6.92 Å². The molecule has 0 aliphatic rings. The van der Waals surface area contributed by atoms with Crippen molar-refractivity contribution >= 4 is 16.5 Å². The largest absolute Gasteiger partial charge is 0.416 e. The summed E-state index contributed by atoms with van der Waals surface area (Å²) in [4.78, 5) is 0. The first-order chi connectivity index (χ1) is 9.00. The Morgan fingerprint density at radius 2 is 2.05 bits per heavy atom. The van der Waals surface area contributed by atoms with Gasteiger partial charge in [0.2, 0.25) is 5.13 Å². The number of aromatic nitrogens is 2. The zero-order valence-corrected chi connectivity index (χ0v) is 11.0. The molecule has 0 aliphatic carbocycles. The summed E-state index contributed by atoms with van der Waals surface area (Å²) in [5.74, 6) is 0. The average molecular weight is 287 g/mol. The molecular formula is C12H12F3N3S. The zero-order chi connectivity index (χ0) is 13.9. The van der Waals surface area contributed by atoms with Gasteiger partial charge in [0.1, 0.15) is 5.01 Å². The van der Waals surface area contributed by atoms with Crippen molar-refractivity contribution in [2.24, 2.45) is 0 Å². The van der Waals surface area contributed by atoms with E-state index in [-0.39, 0.29) is 0 Å². The quantitative estimate of drug-likeness (QED) is 0.922. The minimum absolute atomic E-state index is 0.428. The summed E-state index contributed by atoms with van der Waals surface area (Å²) in [6.45, 7) is 2.78. The molecule has 0 unspecified atom stereocenters. The van der Waals surface area contributed by atoms with Gasteiger partial charge in [0.05, 0.1) is 5.56 Å². The van der Waals surface area contributed by atoms with Gasteiger partial charge in [-0.05, 0) is 18.6 Å². The van der Waals surface area contributed by atoms with Gasteiger partial charge in [-0.3, -0.25) is 0 Å². The van der Waals surface area contributed by atoms with Crippen molar-refractivity contribution in [2.45, 2.75) is 19.5 Å². The maximum Gasteiger partial charge on any atom is 0.416 e. The fraction of sp³-hybridized carbons (Fsp3) is 0.333. The molecule has 0 saturated carbocycles. The van der Waals surface area contributed by atoms with E-state index in [4.69, 9.17) is 0 Å². The minimum atomic E-state index is -4.34. The Kier molecular flexibility index (Phi) is 4.04. The van der Waals surface area contributed by atoms with Crippen LogP contribution >= 0.6 is 11.3 Å². The Morgan fingerprint density at radius 1 is 1.26 bits per heavy atom. The Labute approximate surface area is 112 Å². The number of halogens is 3. The number of rotatable bonds is 4. The summed E-state index contributed by atoms with van der Waals surface area (Å²) >= 11 is 1.24. The topological polar surface area (TPSA) is 37.8 Å². The number of anilines is 1. The van der Waals surface area contributed by atoms with Gasteiger partial charge < -0.3 is 5.32 Å². The highest BCUT2D eigenvalue weighted by Gasteiger charge is 2.30. The van der Waals surface area contributed by atoms with Gasteiger partial charge in [-0.15, -0.1) is 10.2 Å². The Bertz CT molecular complexity index is 551. The second kappa shape index (κ2) is 5.56. The summed E-state index contributed by atoms with van der Waals surface area (Å²) in [7, 11) is 0. The molecule has 0 bridgehead atoms. The van der Waals surface area contributed by atoms with Crippen LogP contribution in [0.1, 0.15) is 18.9 Å². The first-order valence-electron chi connectivity index (χ1n) is 5.75. The molecule has 0 atom stereocenters. The lowest BCUT2D eigenvalue weighted by Gasteiger charge is -2.06. The Morgan fingerprint density at radius 3 is 2.74 bits per heavy atom. The van der Waals surface area contributed by atoms with Crippen molar-refractivity contribution in [2.75, 3.05) is 11.9 Å². The van der Waals surface area contributed by atoms with Gasteiger partial charge in [0, 0.05) is 12.1 Å². The number of benzene rings is 1. The first-order valence-corrected chi connectivity index (χ1v) is 6.57. The molecule has 1 aromatic carbocycles. The van der Waals surface area contributed by atoms with Crippen LogP contribution in [0.15, 0.2) is 24.3 Å². The predicted molar refractivity (Wildman–Crippen MR) is 69.1 cm³/mol. The standard InChI is InChI=1S/C12H12F3N3S/c1-2-6-16-11-18-17-10(19-11)8-4-3-5-9(7-8)12(13,14)15/h3-5,7H,2,6H2,1H3,(H,16,18). The fourth-order valence-corrected chi connectivity index (χ4v) is 2.24. The molecule has 102 valence electrons. The number of nitrogens with one attached hydrogen (secondary N) is 1. The SMILES string of the molecule is CCCNc1nnc(-c2cccc(C(F)(F)F)c2)s1. The van der Waals surface area contributed by atoms with Crippen molar-refractivity contribution in [1.29, 1.82) is 0 Å². The molecule has 0 amide bonds. The molecule has 19 heavy (non-hydrogen) atoms. The van der Waals surface area contributed by atoms with E-state index in [2.05, 4.69) is 15.5 Å². The molecule has 2 aromatic rings. The van der Waals surface area contributed by atoms with Crippen LogP contribution in [0.3, 0.4) is 0 Å². The summed E-state index contributed by atoms with van der Waals surface area (Å²) < 4.78 is 37.8. The van der Waals surface area contributed by atoms with Crippen molar-refractivity contribution in [3.05, 3.63) is 29.8 Å². The predicted octanol–water partition coefficient (Wildman–Crippen LogP) is 4.05. The van der Waals surface area contributed by atoms with E-state index in [1.54, 1.807) is 6.07 Å². The highest BCUT2D eigenvalue weighted by Crippen LogP contribution is 2.33. The Hall–Kier alpha value is -1.63. The van der Waals surface area contributed by atoms with Gasteiger partial charge in [0.15, 0.2) is 0 Å². The van der Waals surface area contributed by atoms with Gasteiger partial charge in [-0.25, -0.2) is 0 Å². The Balaban J connectivity index is 2.24. The number of alkyl halides is 3. The van der Waals surface area contributed by atoms with Crippen LogP contribution in [0.5, 0.6) is 0 Å². The second-order valence-electron chi connectivity index (χ2n) is 3.92.